The summed E-state index contributed by atoms with van der Waals surface area (Å²) in [5.41, 5.74) is 10.4. The van der Waals surface area contributed by atoms with E-state index in [2.05, 4.69) is 36.1 Å². The highest BCUT2D eigenvalue weighted by molar-refractivity contribution is 6.05. The van der Waals surface area contributed by atoms with Crippen molar-refractivity contribution in [2.45, 2.75) is 38.6 Å². The van der Waals surface area contributed by atoms with Crippen LogP contribution in [0.1, 0.15) is 31.4 Å². The van der Waals surface area contributed by atoms with E-state index >= 15 is 0 Å². The summed E-state index contributed by atoms with van der Waals surface area (Å²) in [5.74, 6) is -0.397. The van der Waals surface area contributed by atoms with Crippen LogP contribution in [0.5, 0.6) is 0 Å². The van der Waals surface area contributed by atoms with Crippen LogP contribution in [0.2, 0.25) is 0 Å². The van der Waals surface area contributed by atoms with E-state index in [0.29, 0.717) is 18.8 Å². The second-order valence-electron chi connectivity index (χ2n) is 9.57. The third kappa shape index (κ3) is 3.97. The predicted molar refractivity (Wildman–Crippen MR) is 127 cm³/mol. The Hall–Kier alpha value is -3.68. The molecule has 2 aliphatic heterocycles. The number of nitrogen functional groups attached to an aromatic ring is 1. The van der Waals surface area contributed by atoms with Crippen LogP contribution in [-0.2, 0) is 28.0 Å². The number of amides is 2. The molecule has 3 heterocycles. The van der Waals surface area contributed by atoms with Crippen molar-refractivity contribution in [1.82, 2.24) is 14.8 Å². The van der Waals surface area contributed by atoms with Gasteiger partial charge in [0.15, 0.2) is 0 Å². The average molecular weight is 445 g/mol. The minimum absolute atomic E-state index is 0.0111. The first kappa shape index (κ1) is 21.2. The molecule has 5 rings (SSSR count). The summed E-state index contributed by atoms with van der Waals surface area (Å²) in [4.78, 5) is 33.8. The molecule has 1 unspecified atom stereocenters. The van der Waals surface area contributed by atoms with Gasteiger partial charge in [0.25, 0.3) is 0 Å². The summed E-state index contributed by atoms with van der Waals surface area (Å²) in [6.45, 7) is 6.07. The fourth-order valence-corrected chi connectivity index (χ4v) is 4.91. The lowest BCUT2D eigenvalue weighted by molar-refractivity contribution is -0.124. The van der Waals surface area contributed by atoms with Crippen molar-refractivity contribution in [3.8, 4) is 0 Å². The minimum atomic E-state index is -0.368. The lowest BCUT2D eigenvalue weighted by Gasteiger charge is -2.23. The second-order valence-corrected chi connectivity index (χ2v) is 9.57. The molecule has 0 aliphatic carbocycles. The van der Waals surface area contributed by atoms with Crippen LogP contribution >= 0.6 is 0 Å². The molecule has 1 fully saturated rings. The van der Waals surface area contributed by atoms with Crippen LogP contribution in [0.3, 0.4) is 0 Å². The molecule has 8 nitrogen and oxygen atoms in total. The molecule has 2 N–H and O–H groups in total. The van der Waals surface area contributed by atoms with Gasteiger partial charge in [0.1, 0.15) is 12.7 Å². The van der Waals surface area contributed by atoms with Gasteiger partial charge < -0.3 is 15.5 Å². The van der Waals surface area contributed by atoms with E-state index in [4.69, 9.17) is 5.73 Å². The number of hydrogen-bond donors (Lipinski definition) is 1. The fourth-order valence-electron chi connectivity index (χ4n) is 4.91. The Balaban J connectivity index is 1.34. The fraction of sp³-hybridized carbons (Fsp3) is 0.360. The van der Waals surface area contributed by atoms with Crippen molar-refractivity contribution < 1.29 is 9.59 Å². The SMILES string of the molecule is CC1(C)CN(C(=O)C2CC(=O)N(c3cccc(N)c3)C2)c2ccc(CCn3cncn3)cc21. The normalized spacial score (nSPS) is 19.2. The maximum atomic E-state index is 13.6. The zero-order valence-electron chi connectivity index (χ0n) is 18.9. The van der Waals surface area contributed by atoms with Crippen molar-refractivity contribution in [2.24, 2.45) is 5.92 Å². The van der Waals surface area contributed by atoms with E-state index in [1.54, 1.807) is 23.4 Å². The number of nitrogens with two attached hydrogens (primary N) is 1. The van der Waals surface area contributed by atoms with Gasteiger partial charge in [0, 0.05) is 48.5 Å². The van der Waals surface area contributed by atoms with E-state index in [1.165, 1.54) is 17.5 Å². The Kier molecular flexibility index (Phi) is 5.15. The molecule has 0 saturated carbocycles. The average Bonchev–Trinajstić information content (AvgIpc) is 3.50. The molecule has 0 radical (unpaired) electrons. The topological polar surface area (TPSA) is 97.3 Å². The quantitative estimate of drug-likeness (QED) is 0.611. The first-order valence-electron chi connectivity index (χ1n) is 11.2. The van der Waals surface area contributed by atoms with Crippen molar-refractivity contribution in [3.63, 3.8) is 0 Å². The Morgan fingerprint density at radius 3 is 2.82 bits per heavy atom. The van der Waals surface area contributed by atoms with Crippen molar-refractivity contribution >= 4 is 28.9 Å². The van der Waals surface area contributed by atoms with E-state index in [-0.39, 0.29) is 29.6 Å². The standard InChI is InChI=1S/C25H28N6O2/c1-25(2)14-31(22-7-6-17(10-21(22)25)8-9-29-16-27-15-28-29)24(33)18-11-23(32)30(13-18)20-5-3-4-19(26)12-20/h3-7,10,12,15-16,18H,8-9,11,13-14,26H2,1-2H3. The Labute approximate surface area is 193 Å². The number of hydrogen-bond acceptors (Lipinski definition) is 5. The van der Waals surface area contributed by atoms with Gasteiger partial charge in [-0.3, -0.25) is 14.3 Å². The highest BCUT2D eigenvalue weighted by atomic mass is 16.2. The van der Waals surface area contributed by atoms with Crippen LogP contribution in [0.4, 0.5) is 17.1 Å². The summed E-state index contributed by atoms with van der Waals surface area (Å²) < 4.78 is 1.82. The molecular weight excluding hydrogens is 416 g/mol. The van der Waals surface area contributed by atoms with E-state index in [9.17, 15) is 9.59 Å². The maximum absolute atomic E-state index is 13.6. The summed E-state index contributed by atoms with van der Waals surface area (Å²) in [5, 5.41) is 4.16. The van der Waals surface area contributed by atoms with E-state index in [0.717, 1.165) is 24.3 Å². The number of carbonyl (C=O) groups is 2. The first-order chi connectivity index (χ1) is 15.8. The number of fused-ring (bicyclic) bond motifs is 1. The van der Waals surface area contributed by atoms with Gasteiger partial charge >= 0.3 is 0 Å². The van der Waals surface area contributed by atoms with Gasteiger partial charge in [-0.05, 0) is 41.8 Å². The molecule has 2 amide bonds. The second kappa shape index (κ2) is 8.03. The number of anilines is 3. The molecule has 33 heavy (non-hydrogen) atoms. The van der Waals surface area contributed by atoms with Crippen molar-refractivity contribution in [3.05, 3.63) is 66.2 Å². The molecular formula is C25H28N6O2. The molecule has 170 valence electrons. The summed E-state index contributed by atoms with van der Waals surface area (Å²) in [6.07, 6.45) is 4.31. The predicted octanol–water partition coefficient (Wildman–Crippen LogP) is 2.78. The largest absolute Gasteiger partial charge is 0.399 e. The third-order valence-corrected chi connectivity index (χ3v) is 6.65. The van der Waals surface area contributed by atoms with Crippen LogP contribution in [-0.4, -0.2) is 39.7 Å². The Morgan fingerprint density at radius 2 is 2.06 bits per heavy atom. The molecule has 1 atom stereocenters. The summed E-state index contributed by atoms with van der Waals surface area (Å²) in [7, 11) is 0. The van der Waals surface area contributed by atoms with Gasteiger partial charge in [-0.15, -0.1) is 0 Å². The monoisotopic (exact) mass is 444 g/mol. The van der Waals surface area contributed by atoms with Gasteiger partial charge in [-0.25, -0.2) is 4.98 Å². The Bertz CT molecular complexity index is 1200. The van der Waals surface area contributed by atoms with E-state index < -0.39 is 0 Å². The lowest BCUT2D eigenvalue weighted by Crippen LogP contribution is -2.39. The third-order valence-electron chi connectivity index (χ3n) is 6.65. The minimum Gasteiger partial charge on any atom is -0.399 e. The number of nitrogens with zero attached hydrogens (tertiary/aromatic N) is 5. The highest BCUT2D eigenvalue weighted by Crippen LogP contribution is 2.42. The van der Waals surface area contributed by atoms with E-state index in [1.807, 2.05) is 27.8 Å². The number of rotatable bonds is 5. The molecule has 0 spiro atoms. The maximum Gasteiger partial charge on any atom is 0.232 e. The number of aromatic nitrogens is 3. The van der Waals surface area contributed by atoms with Crippen LogP contribution in [0, 0.1) is 5.92 Å². The smallest absolute Gasteiger partial charge is 0.232 e. The van der Waals surface area contributed by atoms with Gasteiger partial charge in [-0.2, -0.15) is 5.10 Å². The number of benzene rings is 2. The first-order valence-corrected chi connectivity index (χ1v) is 11.2. The molecule has 2 aliphatic rings. The molecule has 1 saturated heterocycles. The number of carbonyl (C=O) groups excluding carboxylic acids is 2. The molecule has 8 heteroatoms. The number of aryl methyl sites for hydroxylation is 2. The van der Waals surface area contributed by atoms with Gasteiger partial charge in [0.2, 0.25) is 11.8 Å². The van der Waals surface area contributed by atoms with Gasteiger partial charge in [-0.1, -0.05) is 32.0 Å². The van der Waals surface area contributed by atoms with Crippen LogP contribution in [0.15, 0.2) is 55.1 Å². The highest BCUT2D eigenvalue weighted by Gasteiger charge is 2.43. The molecule has 3 aromatic rings. The summed E-state index contributed by atoms with van der Waals surface area (Å²) >= 11 is 0. The molecule has 1 aromatic heterocycles. The zero-order valence-corrected chi connectivity index (χ0v) is 18.9. The zero-order chi connectivity index (χ0) is 23.2. The van der Waals surface area contributed by atoms with Crippen molar-refractivity contribution in [2.75, 3.05) is 28.6 Å². The molecule has 2 aromatic carbocycles. The van der Waals surface area contributed by atoms with Crippen LogP contribution in [0.25, 0.3) is 0 Å². The summed E-state index contributed by atoms with van der Waals surface area (Å²) in [6, 6.07) is 13.6. The van der Waals surface area contributed by atoms with Crippen molar-refractivity contribution in [1.29, 1.82) is 0 Å². The molecule has 0 bridgehead atoms. The van der Waals surface area contributed by atoms with Gasteiger partial charge in [0.05, 0.1) is 5.92 Å². The lowest BCUT2D eigenvalue weighted by atomic mass is 9.86. The Morgan fingerprint density at radius 1 is 1.21 bits per heavy atom. The van der Waals surface area contributed by atoms with Crippen LogP contribution < -0.4 is 15.5 Å².